The summed E-state index contributed by atoms with van der Waals surface area (Å²) in [5.74, 6) is -10.0. The zero-order chi connectivity index (χ0) is 57.4. The second-order valence-electron chi connectivity index (χ2n) is 20.9. The summed E-state index contributed by atoms with van der Waals surface area (Å²) in [6, 6.07) is 22.5. The SMILES string of the molecule is CC(=O)OC1CO[C@@H](O[C@H]2C[C@H]3OC[C@@]3(OC(C)=O)C3[C@H](OC(=O)c4ccccc4)[C@]4(O)C[C@H](OC(=O)[C@H](OC(C)=O)[C@@H](NC(=O)c5ccccc5)c5ccccc5)C(C)=C([C@@H](OC(C)=O)C(=O)[C@@]32C)C4(C)C)C(OC(C)=O)O1. The molecule has 3 aliphatic carbocycles. The highest BCUT2D eigenvalue weighted by Crippen LogP contribution is 2.65. The van der Waals surface area contributed by atoms with E-state index in [2.05, 4.69) is 5.32 Å². The van der Waals surface area contributed by atoms with Crippen LogP contribution in [-0.2, 0) is 85.7 Å². The third kappa shape index (κ3) is 11.2. The normalized spacial score (nSPS) is 31.3. The maximum atomic E-state index is 16.5. The molecule has 2 heterocycles. The first kappa shape index (κ1) is 57.8. The number of esters is 7. The Kier molecular flexibility index (Phi) is 16.7. The minimum atomic E-state index is -2.57. The smallest absolute Gasteiger partial charge is 0.350 e. The number of carbonyl (C=O) groups excluding carboxylic acids is 9. The van der Waals surface area contributed by atoms with Crippen LogP contribution in [0, 0.1) is 16.7 Å². The molecule has 0 aromatic heterocycles. The molecule has 5 aliphatic rings. The molecule has 3 aromatic carbocycles. The van der Waals surface area contributed by atoms with Gasteiger partial charge in [0.2, 0.25) is 18.7 Å². The van der Waals surface area contributed by atoms with E-state index in [0.29, 0.717) is 5.56 Å². The fourth-order valence-electron chi connectivity index (χ4n) is 11.9. The summed E-state index contributed by atoms with van der Waals surface area (Å²) in [4.78, 5) is 125. The molecule has 8 rings (SSSR count). The summed E-state index contributed by atoms with van der Waals surface area (Å²) < 4.78 is 66.3. The van der Waals surface area contributed by atoms with Crippen LogP contribution in [0.15, 0.2) is 102 Å². The Labute approximate surface area is 454 Å². The summed E-state index contributed by atoms with van der Waals surface area (Å²) in [7, 11) is 0. The van der Waals surface area contributed by atoms with Gasteiger partial charge >= 0.3 is 41.8 Å². The summed E-state index contributed by atoms with van der Waals surface area (Å²) in [5.41, 5.74) is -8.11. The summed E-state index contributed by atoms with van der Waals surface area (Å²) in [6.45, 7) is 10.4. The van der Waals surface area contributed by atoms with Crippen LogP contribution in [0.3, 0.4) is 0 Å². The number of Topliss-reactive ketones (excluding diaryl/α,β-unsaturated/α-hetero) is 1. The number of ether oxygens (including phenoxy) is 11. The molecule has 3 aromatic rings. The van der Waals surface area contributed by atoms with Crippen molar-refractivity contribution in [1.29, 1.82) is 0 Å². The van der Waals surface area contributed by atoms with Crippen molar-refractivity contribution in [3.05, 3.63) is 119 Å². The fourth-order valence-corrected chi connectivity index (χ4v) is 11.9. The third-order valence-corrected chi connectivity index (χ3v) is 15.5. The molecule has 422 valence electrons. The zero-order valence-electron chi connectivity index (χ0n) is 45.0. The van der Waals surface area contributed by atoms with Gasteiger partial charge in [-0.3, -0.25) is 38.3 Å². The first-order valence-electron chi connectivity index (χ1n) is 25.6. The third-order valence-electron chi connectivity index (χ3n) is 15.5. The lowest BCUT2D eigenvalue weighted by molar-refractivity contribution is -0.394. The molecule has 22 heteroatoms. The summed E-state index contributed by atoms with van der Waals surface area (Å²) in [5, 5.41) is 17.1. The van der Waals surface area contributed by atoms with Gasteiger partial charge < -0.3 is 57.8 Å². The van der Waals surface area contributed by atoms with Gasteiger partial charge in [0.1, 0.15) is 36.6 Å². The fraction of sp³-hybridized carbons (Fsp3) is 0.491. The lowest BCUT2D eigenvalue weighted by atomic mass is 9.44. The molecular formula is C57H63NO21. The van der Waals surface area contributed by atoms with E-state index in [9.17, 15) is 38.7 Å². The molecule has 1 amide bonds. The number of hydrogen-bond acceptors (Lipinski definition) is 21. The number of ketones is 1. The highest BCUT2D eigenvalue weighted by atomic mass is 16.8. The highest BCUT2D eigenvalue weighted by Gasteiger charge is 2.79. The van der Waals surface area contributed by atoms with Crippen LogP contribution < -0.4 is 5.32 Å². The second-order valence-corrected chi connectivity index (χ2v) is 20.9. The monoisotopic (exact) mass is 1100 g/mol. The number of amides is 1. The van der Waals surface area contributed by atoms with Gasteiger partial charge in [-0.05, 0) is 54.8 Å². The maximum absolute atomic E-state index is 16.5. The van der Waals surface area contributed by atoms with E-state index in [1.54, 1.807) is 66.7 Å². The van der Waals surface area contributed by atoms with Crippen LogP contribution in [0.2, 0.25) is 0 Å². The first-order chi connectivity index (χ1) is 37.3. The van der Waals surface area contributed by atoms with Gasteiger partial charge in [0.15, 0.2) is 17.5 Å². The van der Waals surface area contributed by atoms with Gasteiger partial charge in [0.25, 0.3) is 12.2 Å². The quantitative estimate of drug-likeness (QED) is 0.120. The van der Waals surface area contributed by atoms with Crippen molar-refractivity contribution in [2.45, 2.75) is 148 Å². The largest absolute Gasteiger partial charge is 0.455 e. The minimum absolute atomic E-state index is 0.0119. The van der Waals surface area contributed by atoms with Crippen molar-refractivity contribution in [2.24, 2.45) is 16.7 Å². The van der Waals surface area contributed by atoms with Crippen LogP contribution in [0.25, 0.3) is 0 Å². The van der Waals surface area contributed by atoms with Crippen molar-refractivity contribution in [3.8, 4) is 0 Å². The van der Waals surface area contributed by atoms with Crippen molar-refractivity contribution in [2.75, 3.05) is 13.2 Å². The van der Waals surface area contributed by atoms with Crippen LogP contribution in [0.1, 0.15) is 107 Å². The standard InChI is InChI=1S/C57H63NO21/c1-29-38(75-51(67)45(73-32(4)61)43(35-19-13-10-14-20-35)58-49(65)36-21-15-11-16-22-36)26-57(68)48(78-50(66)37-23-17-12-18-24-37)46-55(9,47(64)44(72-31(3)60)42(29)54(57,7)8)39(25-40-56(46,28-70-40)79-34(6)63)76-52-53(74-33(5)62)77-41(27-69-52)71-30(2)59/h10-24,38-41,43-46,48,52-53,68H,25-28H2,1-9H3,(H,58,65)/t38-,39-,40+,41?,43-,44+,45+,46?,48-,52-,53?,55+,56-,57+/m0/s1. The zero-order valence-corrected chi connectivity index (χ0v) is 45.0. The van der Waals surface area contributed by atoms with Gasteiger partial charge in [-0.25, -0.2) is 9.59 Å². The molecule has 2 bridgehead atoms. The molecule has 2 aliphatic heterocycles. The van der Waals surface area contributed by atoms with Crippen molar-refractivity contribution >= 4 is 53.5 Å². The molecule has 4 fully saturated rings. The molecule has 0 radical (unpaired) electrons. The number of carbonyl (C=O) groups is 9. The molecule has 2 saturated heterocycles. The van der Waals surface area contributed by atoms with E-state index in [4.69, 9.17) is 52.1 Å². The van der Waals surface area contributed by atoms with Crippen molar-refractivity contribution in [3.63, 3.8) is 0 Å². The van der Waals surface area contributed by atoms with Crippen molar-refractivity contribution < 1.29 is 100 Å². The molecular weight excluding hydrogens is 1030 g/mol. The van der Waals surface area contributed by atoms with Crippen molar-refractivity contribution in [1.82, 2.24) is 5.32 Å². The number of hydrogen-bond donors (Lipinski definition) is 2. The number of rotatable bonds is 15. The van der Waals surface area contributed by atoms with E-state index < -0.39 is 163 Å². The van der Waals surface area contributed by atoms with Gasteiger partial charge in [0, 0.05) is 58.4 Å². The predicted molar refractivity (Wildman–Crippen MR) is 268 cm³/mol. The van der Waals surface area contributed by atoms with Crippen LogP contribution in [0.5, 0.6) is 0 Å². The van der Waals surface area contributed by atoms with Gasteiger partial charge in [-0.2, -0.15) is 0 Å². The Morgan fingerprint density at radius 3 is 1.85 bits per heavy atom. The summed E-state index contributed by atoms with van der Waals surface area (Å²) in [6.07, 6.45) is -16.1. The molecule has 0 spiro atoms. The molecule has 3 unspecified atom stereocenters. The van der Waals surface area contributed by atoms with E-state index in [1.807, 2.05) is 0 Å². The molecule has 14 atom stereocenters. The van der Waals surface area contributed by atoms with E-state index in [-0.39, 0.29) is 28.7 Å². The predicted octanol–water partition coefficient (Wildman–Crippen LogP) is 4.48. The second kappa shape index (κ2) is 22.8. The Bertz CT molecular complexity index is 2890. The van der Waals surface area contributed by atoms with Gasteiger partial charge in [-0.1, -0.05) is 80.6 Å². The lowest BCUT2D eigenvalue weighted by Crippen LogP contribution is -2.82. The Morgan fingerprint density at radius 2 is 1.29 bits per heavy atom. The van der Waals surface area contributed by atoms with Gasteiger partial charge in [-0.15, -0.1) is 0 Å². The van der Waals surface area contributed by atoms with E-state index in [1.165, 1.54) is 52.0 Å². The number of nitrogens with one attached hydrogen (secondary N) is 1. The Balaban J connectivity index is 1.32. The average molecular weight is 1100 g/mol. The molecule has 2 saturated carbocycles. The van der Waals surface area contributed by atoms with Crippen LogP contribution >= 0.6 is 0 Å². The molecule has 22 nitrogen and oxygen atoms in total. The average Bonchev–Trinajstić information content (AvgIpc) is 3.46. The van der Waals surface area contributed by atoms with E-state index >= 15 is 9.59 Å². The lowest BCUT2D eigenvalue weighted by Gasteiger charge is -2.68. The number of aliphatic hydroxyl groups is 1. The topological polar surface area (TPSA) is 287 Å². The van der Waals surface area contributed by atoms with E-state index in [0.717, 1.165) is 34.6 Å². The van der Waals surface area contributed by atoms with Gasteiger partial charge in [0.05, 0.1) is 29.6 Å². The first-order valence-corrected chi connectivity index (χ1v) is 25.6. The van der Waals surface area contributed by atoms with Crippen LogP contribution in [0.4, 0.5) is 0 Å². The Hall–Kier alpha value is -7.37. The number of benzene rings is 3. The number of fused-ring (bicyclic) bond motifs is 5. The minimum Gasteiger partial charge on any atom is -0.455 e. The molecule has 2 N–H and O–H groups in total. The maximum Gasteiger partial charge on any atom is 0.350 e. The highest BCUT2D eigenvalue weighted by molar-refractivity contribution is 5.96. The Morgan fingerprint density at radius 1 is 0.696 bits per heavy atom. The summed E-state index contributed by atoms with van der Waals surface area (Å²) >= 11 is 0. The van der Waals surface area contributed by atoms with Crippen LogP contribution in [-0.4, -0.2) is 138 Å². The molecule has 79 heavy (non-hydrogen) atoms.